The number of hydrogen-bond donors (Lipinski definition) is 0. The molecule has 1 aromatic carbocycles. The van der Waals surface area contributed by atoms with Crippen molar-refractivity contribution in [3.8, 4) is 0 Å². The number of benzene rings is 1. The molecule has 0 spiro atoms. The second-order valence-electron chi connectivity index (χ2n) is 6.68. The van der Waals surface area contributed by atoms with Crippen LogP contribution in [0.3, 0.4) is 0 Å². The summed E-state index contributed by atoms with van der Waals surface area (Å²) in [5.74, 6) is -0.855. The molecule has 1 fully saturated rings. The third kappa shape index (κ3) is 2.85. The van der Waals surface area contributed by atoms with Gasteiger partial charge in [0.1, 0.15) is 5.69 Å². The van der Waals surface area contributed by atoms with Gasteiger partial charge in [-0.15, -0.1) is 0 Å². The molecular weight excluding hydrogens is 366 g/mol. The molecule has 7 nitrogen and oxygen atoms in total. The molecule has 1 unspecified atom stereocenters. The minimum atomic E-state index is -3.66. The summed E-state index contributed by atoms with van der Waals surface area (Å²) in [6.07, 6.45) is 2.72. The Kier molecular flexibility index (Phi) is 4.32. The summed E-state index contributed by atoms with van der Waals surface area (Å²) in [4.78, 5) is 30.5. The molecule has 0 saturated carbocycles. The van der Waals surface area contributed by atoms with Crippen LogP contribution in [-0.2, 0) is 16.4 Å². The largest absolute Gasteiger partial charge is 0.280 e. The lowest BCUT2D eigenvalue weighted by molar-refractivity contribution is 0.0591. The molecule has 0 bridgehead atoms. The molecule has 2 amide bonds. The number of carbonyl (C=O) groups excluding carboxylic acids is 2. The van der Waals surface area contributed by atoms with E-state index < -0.39 is 27.9 Å². The number of rotatable bonds is 4. The highest BCUT2D eigenvalue weighted by Crippen LogP contribution is 2.29. The third-order valence-electron chi connectivity index (χ3n) is 5.14. The number of aryl methyl sites for hydroxylation is 1. The fourth-order valence-corrected chi connectivity index (χ4v) is 5.09. The quantitative estimate of drug-likeness (QED) is 0.748. The van der Waals surface area contributed by atoms with Crippen LogP contribution in [0.2, 0.25) is 0 Å². The summed E-state index contributed by atoms with van der Waals surface area (Å²) in [6.45, 7) is 2.37. The molecule has 140 valence electrons. The topological polar surface area (TPSA) is 87.7 Å². The molecule has 8 heteroatoms. The molecule has 0 radical (unpaired) electrons. The van der Waals surface area contributed by atoms with Crippen molar-refractivity contribution in [1.82, 2.24) is 14.2 Å². The maximum absolute atomic E-state index is 12.9. The molecular formula is C19H19N3O4S. The zero-order chi connectivity index (χ0) is 19.2. The van der Waals surface area contributed by atoms with Gasteiger partial charge in [0.25, 0.3) is 11.8 Å². The summed E-state index contributed by atoms with van der Waals surface area (Å²) < 4.78 is 27.1. The SMILES string of the molecule is CCc1ccc(S(=O)(=O)N2CCC(N3C(=O)c4cccnc4C3=O)C2)cc1. The van der Waals surface area contributed by atoms with Gasteiger partial charge in [-0.2, -0.15) is 4.31 Å². The van der Waals surface area contributed by atoms with E-state index in [0.717, 1.165) is 16.9 Å². The third-order valence-corrected chi connectivity index (χ3v) is 7.02. The van der Waals surface area contributed by atoms with E-state index in [-0.39, 0.29) is 29.2 Å². The highest BCUT2D eigenvalue weighted by Gasteiger charge is 2.45. The molecule has 3 heterocycles. The number of aromatic nitrogens is 1. The van der Waals surface area contributed by atoms with Gasteiger partial charge in [-0.1, -0.05) is 19.1 Å². The summed E-state index contributed by atoms with van der Waals surface area (Å²) in [7, 11) is -3.66. The number of nitrogens with zero attached hydrogens (tertiary/aromatic N) is 3. The minimum absolute atomic E-state index is 0.101. The second kappa shape index (κ2) is 6.54. The minimum Gasteiger partial charge on any atom is -0.268 e. The smallest absolute Gasteiger partial charge is 0.268 e. The summed E-state index contributed by atoms with van der Waals surface area (Å²) in [5, 5.41) is 0. The number of amides is 2. The number of fused-ring (bicyclic) bond motifs is 1. The van der Waals surface area contributed by atoms with Crippen LogP contribution in [-0.4, -0.2) is 53.6 Å². The number of carbonyl (C=O) groups is 2. The first-order valence-corrected chi connectivity index (χ1v) is 10.3. The van der Waals surface area contributed by atoms with Crippen molar-refractivity contribution in [2.45, 2.75) is 30.7 Å². The van der Waals surface area contributed by atoms with Crippen LogP contribution in [0.4, 0.5) is 0 Å². The van der Waals surface area contributed by atoms with Crippen LogP contribution in [0.1, 0.15) is 39.8 Å². The first-order valence-electron chi connectivity index (χ1n) is 8.85. The van der Waals surface area contributed by atoms with E-state index in [0.29, 0.717) is 6.42 Å². The van der Waals surface area contributed by atoms with Gasteiger partial charge in [0.05, 0.1) is 16.5 Å². The van der Waals surface area contributed by atoms with Gasteiger partial charge in [0.15, 0.2) is 0 Å². The van der Waals surface area contributed by atoms with Gasteiger partial charge in [-0.05, 0) is 42.7 Å². The van der Waals surface area contributed by atoms with E-state index in [2.05, 4.69) is 4.98 Å². The molecule has 2 aliphatic rings. The Balaban J connectivity index is 1.55. The molecule has 2 aliphatic heterocycles. The lowest BCUT2D eigenvalue weighted by Crippen LogP contribution is -2.42. The van der Waals surface area contributed by atoms with Crippen LogP contribution >= 0.6 is 0 Å². The van der Waals surface area contributed by atoms with Gasteiger partial charge < -0.3 is 0 Å². The predicted octanol–water partition coefficient (Wildman–Crippen LogP) is 1.70. The zero-order valence-electron chi connectivity index (χ0n) is 14.8. The number of hydrogen-bond acceptors (Lipinski definition) is 5. The highest BCUT2D eigenvalue weighted by atomic mass is 32.2. The van der Waals surface area contributed by atoms with Crippen LogP contribution in [0.15, 0.2) is 47.5 Å². The fraction of sp³-hybridized carbons (Fsp3) is 0.316. The van der Waals surface area contributed by atoms with Crippen molar-refractivity contribution < 1.29 is 18.0 Å². The zero-order valence-corrected chi connectivity index (χ0v) is 15.6. The molecule has 4 rings (SSSR count). The van der Waals surface area contributed by atoms with E-state index in [4.69, 9.17) is 0 Å². The first-order chi connectivity index (χ1) is 12.9. The number of sulfonamides is 1. The van der Waals surface area contributed by atoms with Crippen molar-refractivity contribution >= 4 is 21.8 Å². The van der Waals surface area contributed by atoms with E-state index in [1.807, 2.05) is 6.92 Å². The maximum atomic E-state index is 12.9. The highest BCUT2D eigenvalue weighted by molar-refractivity contribution is 7.89. The van der Waals surface area contributed by atoms with Crippen LogP contribution in [0, 0.1) is 0 Å². The Morgan fingerprint density at radius 1 is 1.11 bits per heavy atom. The summed E-state index contributed by atoms with van der Waals surface area (Å²) >= 11 is 0. The number of imide groups is 1. The Hall–Kier alpha value is -2.58. The van der Waals surface area contributed by atoms with Crippen molar-refractivity contribution in [3.63, 3.8) is 0 Å². The lowest BCUT2D eigenvalue weighted by Gasteiger charge is -2.22. The van der Waals surface area contributed by atoms with E-state index in [1.165, 1.54) is 10.5 Å². The van der Waals surface area contributed by atoms with Crippen molar-refractivity contribution in [2.75, 3.05) is 13.1 Å². The predicted molar refractivity (Wildman–Crippen MR) is 97.7 cm³/mol. The van der Waals surface area contributed by atoms with Gasteiger partial charge >= 0.3 is 0 Å². The van der Waals surface area contributed by atoms with Gasteiger partial charge in [-0.3, -0.25) is 19.5 Å². The van der Waals surface area contributed by atoms with Crippen molar-refractivity contribution in [3.05, 3.63) is 59.4 Å². The average molecular weight is 385 g/mol. The Bertz CT molecular complexity index is 983. The fourth-order valence-electron chi connectivity index (χ4n) is 3.60. The summed E-state index contributed by atoms with van der Waals surface area (Å²) in [5.41, 5.74) is 1.48. The second-order valence-corrected chi connectivity index (χ2v) is 8.62. The molecule has 0 N–H and O–H groups in total. The van der Waals surface area contributed by atoms with Gasteiger partial charge in [-0.25, -0.2) is 8.42 Å². The number of pyridine rings is 1. The van der Waals surface area contributed by atoms with Crippen molar-refractivity contribution in [2.24, 2.45) is 0 Å². The van der Waals surface area contributed by atoms with E-state index in [9.17, 15) is 18.0 Å². The van der Waals surface area contributed by atoms with Crippen LogP contribution < -0.4 is 0 Å². The Morgan fingerprint density at radius 3 is 2.52 bits per heavy atom. The molecule has 2 aromatic rings. The molecule has 1 saturated heterocycles. The molecule has 27 heavy (non-hydrogen) atoms. The van der Waals surface area contributed by atoms with Crippen LogP contribution in [0.5, 0.6) is 0 Å². The Labute approximate surface area is 157 Å². The van der Waals surface area contributed by atoms with E-state index in [1.54, 1.807) is 36.4 Å². The summed E-state index contributed by atoms with van der Waals surface area (Å²) in [6, 6.07) is 9.51. The van der Waals surface area contributed by atoms with E-state index >= 15 is 0 Å². The Morgan fingerprint density at radius 2 is 1.85 bits per heavy atom. The van der Waals surface area contributed by atoms with Gasteiger partial charge in [0, 0.05) is 19.3 Å². The molecule has 1 atom stereocenters. The van der Waals surface area contributed by atoms with Crippen LogP contribution in [0.25, 0.3) is 0 Å². The monoisotopic (exact) mass is 385 g/mol. The standard InChI is InChI=1S/C19H19N3O4S/c1-2-13-5-7-15(8-6-13)27(25,26)21-11-9-14(12-21)22-18(23)16-4-3-10-20-17(16)19(22)24/h3-8,10,14H,2,9,11-12H2,1H3. The molecule has 0 aliphatic carbocycles. The van der Waals surface area contributed by atoms with Gasteiger partial charge in [0.2, 0.25) is 10.0 Å². The first kappa shape index (κ1) is 17.8. The average Bonchev–Trinajstić information content (AvgIpc) is 3.26. The normalized spacial score (nSPS) is 20.3. The molecule has 1 aromatic heterocycles. The lowest BCUT2D eigenvalue weighted by atomic mass is 10.2. The van der Waals surface area contributed by atoms with Crippen molar-refractivity contribution in [1.29, 1.82) is 0 Å². The maximum Gasteiger partial charge on any atom is 0.280 e.